The van der Waals surface area contributed by atoms with Crippen molar-refractivity contribution in [1.82, 2.24) is 0 Å². The Bertz CT molecular complexity index is 424. The van der Waals surface area contributed by atoms with Crippen LogP contribution in [0.15, 0.2) is 30.6 Å². The molecule has 0 nitrogen and oxygen atoms in total. The summed E-state index contributed by atoms with van der Waals surface area (Å²) in [5.74, 6) is 1.93. The van der Waals surface area contributed by atoms with Gasteiger partial charge in [-0.3, -0.25) is 0 Å². The molecule has 22 heavy (non-hydrogen) atoms. The highest BCUT2D eigenvalue weighted by molar-refractivity contribution is 5.48. The van der Waals surface area contributed by atoms with Crippen LogP contribution in [0, 0.1) is 11.8 Å². The van der Waals surface area contributed by atoms with E-state index in [-0.39, 0.29) is 0 Å². The maximum atomic E-state index is 12.1. The molecule has 0 heterocycles. The molecule has 0 amide bonds. The fraction of sp³-hybridized carbons (Fsp3) is 0.619. The molecule has 0 spiro atoms. The maximum Gasteiger partial charge on any atom is 0.0872 e. The zero-order chi connectivity index (χ0) is 15.6. The Hall–Kier alpha value is -1.11. The summed E-state index contributed by atoms with van der Waals surface area (Å²) in [5.41, 5.74) is 2.33. The Morgan fingerprint density at radius 2 is 1.59 bits per heavy atom. The third kappa shape index (κ3) is 5.94. The molecule has 0 atom stereocenters. The summed E-state index contributed by atoms with van der Waals surface area (Å²) in [4.78, 5) is 0. The van der Waals surface area contributed by atoms with Crippen molar-refractivity contribution < 1.29 is 4.39 Å². The Labute approximate surface area is 135 Å². The number of hydrogen-bond acceptors (Lipinski definition) is 0. The van der Waals surface area contributed by atoms with Crippen LogP contribution in [0.4, 0.5) is 4.39 Å². The Morgan fingerprint density at radius 3 is 2.18 bits per heavy atom. The number of unbranched alkanes of at least 4 members (excludes halogenated alkanes) is 2. The van der Waals surface area contributed by atoms with E-state index in [0.29, 0.717) is 6.33 Å². The smallest absolute Gasteiger partial charge is 0.0872 e. The molecule has 1 heteroatoms. The SMILES string of the molecule is CCCCC[C@H]1CC[C@H](CCc2ccc(C=CF)cc2)CC1. The summed E-state index contributed by atoms with van der Waals surface area (Å²) in [5, 5.41) is 0. The van der Waals surface area contributed by atoms with Crippen LogP contribution in [0.3, 0.4) is 0 Å². The first-order valence-corrected chi connectivity index (χ1v) is 9.17. The van der Waals surface area contributed by atoms with Crippen molar-refractivity contribution in [3.05, 3.63) is 41.7 Å². The molecule has 0 bridgehead atoms. The first-order valence-electron chi connectivity index (χ1n) is 9.17. The highest BCUT2D eigenvalue weighted by Crippen LogP contribution is 2.34. The van der Waals surface area contributed by atoms with Gasteiger partial charge in [-0.05, 0) is 41.9 Å². The van der Waals surface area contributed by atoms with Crippen molar-refractivity contribution in [2.75, 3.05) is 0 Å². The van der Waals surface area contributed by atoms with Gasteiger partial charge in [-0.25, -0.2) is 4.39 Å². The normalized spacial score (nSPS) is 22.3. The molecule has 1 aliphatic carbocycles. The van der Waals surface area contributed by atoms with E-state index in [1.807, 2.05) is 12.1 Å². The minimum atomic E-state index is 0.605. The second kappa shape index (κ2) is 9.82. The fourth-order valence-corrected chi connectivity index (χ4v) is 3.73. The maximum absolute atomic E-state index is 12.1. The minimum absolute atomic E-state index is 0.605. The van der Waals surface area contributed by atoms with Gasteiger partial charge in [0.25, 0.3) is 0 Å². The minimum Gasteiger partial charge on any atom is -0.216 e. The van der Waals surface area contributed by atoms with E-state index in [2.05, 4.69) is 19.1 Å². The van der Waals surface area contributed by atoms with Crippen LogP contribution < -0.4 is 0 Å². The molecule has 0 aromatic heterocycles. The number of aryl methyl sites for hydroxylation is 1. The van der Waals surface area contributed by atoms with E-state index < -0.39 is 0 Å². The molecule has 2 rings (SSSR count). The van der Waals surface area contributed by atoms with Crippen molar-refractivity contribution in [1.29, 1.82) is 0 Å². The van der Waals surface area contributed by atoms with Crippen molar-refractivity contribution in [3.8, 4) is 0 Å². The van der Waals surface area contributed by atoms with Gasteiger partial charge in [0.15, 0.2) is 0 Å². The molecule has 1 aliphatic rings. The summed E-state index contributed by atoms with van der Waals surface area (Å²) < 4.78 is 12.1. The van der Waals surface area contributed by atoms with Crippen LogP contribution in [0.1, 0.15) is 75.8 Å². The summed E-state index contributed by atoms with van der Waals surface area (Å²) >= 11 is 0. The molecule has 1 aromatic rings. The molecule has 1 saturated carbocycles. The fourth-order valence-electron chi connectivity index (χ4n) is 3.73. The Kier molecular flexibility index (Phi) is 7.70. The van der Waals surface area contributed by atoms with Gasteiger partial charge in [-0.15, -0.1) is 0 Å². The van der Waals surface area contributed by atoms with E-state index in [0.717, 1.165) is 17.4 Å². The van der Waals surface area contributed by atoms with Crippen LogP contribution in [-0.2, 0) is 6.42 Å². The van der Waals surface area contributed by atoms with Crippen LogP contribution >= 0.6 is 0 Å². The summed E-state index contributed by atoms with van der Waals surface area (Å²) in [6.07, 6.45) is 16.0. The Morgan fingerprint density at radius 1 is 0.955 bits per heavy atom. The molecule has 0 unspecified atom stereocenters. The number of rotatable bonds is 8. The van der Waals surface area contributed by atoms with Crippen LogP contribution in [0.5, 0.6) is 0 Å². The van der Waals surface area contributed by atoms with Gasteiger partial charge in [0, 0.05) is 0 Å². The van der Waals surface area contributed by atoms with Gasteiger partial charge in [-0.1, -0.05) is 82.6 Å². The third-order valence-corrected chi connectivity index (χ3v) is 5.26. The Balaban J connectivity index is 1.66. The molecular formula is C21H31F. The molecule has 1 aromatic carbocycles. The quantitative estimate of drug-likeness (QED) is 0.456. The third-order valence-electron chi connectivity index (χ3n) is 5.26. The molecular weight excluding hydrogens is 271 g/mol. The largest absolute Gasteiger partial charge is 0.216 e. The predicted octanol–water partition coefficient (Wildman–Crippen LogP) is 6.95. The molecule has 122 valence electrons. The summed E-state index contributed by atoms with van der Waals surface area (Å²) in [6.45, 7) is 2.29. The molecule has 1 fully saturated rings. The monoisotopic (exact) mass is 302 g/mol. The van der Waals surface area contributed by atoms with Gasteiger partial charge in [0.2, 0.25) is 0 Å². The van der Waals surface area contributed by atoms with Gasteiger partial charge < -0.3 is 0 Å². The predicted molar refractivity (Wildman–Crippen MR) is 94.5 cm³/mol. The lowest BCUT2D eigenvalue weighted by Gasteiger charge is -2.28. The molecule has 0 N–H and O–H groups in total. The van der Waals surface area contributed by atoms with Crippen LogP contribution in [-0.4, -0.2) is 0 Å². The molecule has 0 saturated heterocycles. The van der Waals surface area contributed by atoms with E-state index >= 15 is 0 Å². The second-order valence-electron chi connectivity index (χ2n) is 6.96. The average molecular weight is 302 g/mol. The highest BCUT2D eigenvalue weighted by atomic mass is 19.1. The zero-order valence-electron chi connectivity index (χ0n) is 14.1. The number of halogens is 1. The van der Waals surface area contributed by atoms with Crippen molar-refractivity contribution in [2.24, 2.45) is 11.8 Å². The number of hydrogen-bond donors (Lipinski definition) is 0. The van der Waals surface area contributed by atoms with E-state index in [4.69, 9.17) is 0 Å². The lowest BCUT2D eigenvalue weighted by molar-refractivity contribution is 0.249. The van der Waals surface area contributed by atoms with Gasteiger partial charge in [-0.2, -0.15) is 0 Å². The van der Waals surface area contributed by atoms with Crippen molar-refractivity contribution >= 4 is 6.08 Å². The lowest BCUT2D eigenvalue weighted by atomic mass is 9.78. The summed E-state index contributed by atoms with van der Waals surface area (Å²) in [7, 11) is 0. The van der Waals surface area contributed by atoms with Gasteiger partial charge >= 0.3 is 0 Å². The van der Waals surface area contributed by atoms with Crippen molar-refractivity contribution in [2.45, 2.75) is 71.1 Å². The van der Waals surface area contributed by atoms with Crippen molar-refractivity contribution in [3.63, 3.8) is 0 Å². The highest BCUT2D eigenvalue weighted by Gasteiger charge is 2.20. The van der Waals surface area contributed by atoms with Crippen LogP contribution in [0.25, 0.3) is 6.08 Å². The topological polar surface area (TPSA) is 0 Å². The van der Waals surface area contributed by atoms with Crippen LogP contribution in [0.2, 0.25) is 0 Å². The lowest BCUT2D eigenvalue weighted by Crippen LogP contribution is -2.15. The average Bonchev–Trinajstić information content (AvgIpc) is 2.56. The van der Waals surface area contributed by atoms with Gasteiger partial charge in [0.05, 0.1) is 6.33 Å². The number of benzene rings is 1. The zero-order valence-corrected chi connectivity index (χ0v) is 14.1. The molecule has 0 aliphatic heterocycles. The molecule has 0 radical (unpaired) electrons. The summed E-state index contributed by atoms with van der Waals surface area (Å²) in [6, 6.07) is 8.31. The second-order valence-corrected chi connectivity index (χ2v) is 6.96. The van der Waals surface area contributed by atoms with E-state index in [9.17, 15) is 4.39 Å². The van der Waals surface area contributed by atoms with E-state index in [1.165, 1.54) is 75.8 Å². The van der Waals surface area contributed by atoms with E-state index in [1.54, 1.807) is 0 Å². The van der Waals surface area contributed by atoms with Gasteiger partial charge in [0.1, 0.15) is 0 Å². The first-order chi connectivity index (χ1) is 10.8. The standard InChI is InChI=1S/C21H31F/c1-2-3-4-5-18-6-8-19(9-7-18)10-11-20-12-14-21(15-13-20)16-17-22/h12-19H,2-11H2,1H3/t18-,19-. The first kappa shape index (κ1) is 17.2.